The highest BCUT2D eigenvalue weighted by Crippen LogP contribution is 2.35. The number of carbonyl (C=O) groups excluding carboxylic acids is 2. The first kappa shape index (κ1) is 16.7. The molecular weight excluding hydrogens is 292 g/mol. The molecule has 0 aliphatic carbocycles. The molecule has 0 saturated carbocycles. The van der Waals surface area contributed by atoms with Crippen LogP contribution in [0.15, 0.2) is 55.1 Å². The number of esters is 2. The molecule has 0 amide bonds. The van der Waals surface area contributed by atoms with Gasteiger partial charge in [0.2, 0.25) is 0 Å². The minimum atomic E-state index is -1.02. The van der Waals surface area contributed by atoms with Gasteiger partial charge in [-0.2, -0.15) is 0 Å². The molecule has 4 heteroatoms. The topological polar surface area (TPSA) is 52.6 Å². The first-order valence-electron chi connectivity index (χ1n) is 7.38. The number of carbonyl (C=O) groups is 2. The second kappa shape index (κ2) is 7.58. The first-order valence-corrected chi connectivity index (χ1v) is 7.38. The van der Waals surface area contributed by atoms with E-state index in [0.717, 1.165) is 16.3 Å². The SMILES string of the molecule is C=CCC(c1cccc2ccccc12)C(C(=O)OC)C(=O)OC. The van der Waals surface area contributed by atoms with Crippen molar-refractivity contribution in [2.75, 3.05) is 14.2 Å². The van der Waals surface area contributed by atoms with E-state index in [4.69, 9.17) is 9.47 Å². The van der Waals surface area contributed by atoms with Crippen LogP contribution in [-0.2, 0) is 19.1 Å². The van der Waals surface area contributed by atoms with Crippen LogP contribution < -0.4 is 0 Å². The average Bonchev–Trinajstić information content (AvgIpc) is 2.60. The van der Waals surface area contributed by atoms with Gasteiger partial charge in [0.15, 0.2) is 5.92 Å². The summed E-state index contributed by atoms with van der Waals surface area (Å²) in [6.45, 7) is 3.75. The number of fused-ring (bicyclic) bond motifs is 1. The van der Waals surface area contributed by atoms with Gasteiger partial charge in [0.05, 0.1) is 14.2 Å². The molecule has 0 N–H and O–H groups in total. The molecule has 0 radical (unpaired) electrons. The average molecular weight is 312 g/mol. The fourth-order valence-electron chi connectivity index (χ4n) is 2.87. The van der Waals surface area contributed by atoms with Crippen molar-refractivity contribution in [1.29, 1.82) is 0 Å². The zero-order valence-electron chi connectivity index (χ0n) is 13.3. The lowest BCUT2D eigenvalue weighted by atomic mass is 9.81. The van der Waals surface area contributed by atoms with E-state index in [1.807, 2.05) is 42.5 Å². The van der Waals surface area contributed by atoms with Gasteiger partial charge in [-0.05, 0) is 22.8 Å². The Morgan fingerprint density at radius 2 is 1.65 bits per heavy atom. The Hall–Kier alpha value is -2.62. The molecule has 2 aromatic rings. The van der Waals surface area contributed by atoms with Crippen LogP contribution >= 0.6 is 0 Å². The Morgan fingerprint density at radius 1 is 1.04 bits per heavy atom. The molecule has 0 saturated heterocycles. The van der Waals surface area contributed by atoms with E-state index in [-0.39, 0.29) is 0 Å². The third kappa shape index (κ3) is 3.42. The van der Waals surface area contributed by atoms with Gasteiger partial charge >= 0.3 is 11.9 Å². The van der Waals surface area contributed by atoms with Gasteiger partial charge in [-0.15, -0.1) is 6.58 Å². The third-order valence-electron chi connectivity index (χ3n) is 3.96. The predicted molar refractivity (Wildman–Crippen MR) is 89.0 cm³/mol. The van der Waals surface area contributed by atoms with E-state index in [2.05, 4.69) is 6.58 Å². The molecule has 1 unspecified atom stereocenters. The summed E-state index contributed by atoms with van der Waals surface area (Å²) in [5.74, 6) is -2.61. The number of hydrogen-bond acceptors (Lipinski definition) is 4. The lowest BCUT2D eigenvalue weighted by Crippen LogP contribution is -2.32. The van der Waals surface area contributed by atoms with Crippen LogP contribution in [-0.4, -0.2) is 26.2 Å². The summed E-state index contributed by atoms with van der Waals surface area (Å²) in [6.07, 6.45) is 2.16. The van der Waals surface area contributed by atoms with Gasteiger partial charge in [-0.25, -0.2) is 0 Å². The number of allylic oxidation sites excluding steroid dienone is 1. The molecule has 0 spiro atoms. The largest absolute Gasteiger partial charge is 0.468 e. The monoisotopic (exact) mass is 312 g/mol. The molecule has 2 aromatic carbocycles. The second-order valence-corrected chi connectivity index (χ2v) is 5.22. The van der Waals surface area contributed by atoms with E-state index in [1.165, 1.54) is 14.2 Å². The van der Waals surface area contributed by atoms with Gasteiger partial charge in [0.1, 0.15) is 0 Å². The van der Waals surface area contributed by atoms with Crippen molar-refractivity contribution in [1.82, 2.24) is 0 Å². The zero-order chi connectivity index (χ0) is 16.8. The van der Waals surface area contributed by atoms with Gasteiger partial charge in [0.25, 0.3) is 0 Å². The molecule has 4 nitrogen and oxygen atoms in total. The highest BCUT2D eigenvalue weighted by molar-refractivity contribution is 5.97. The molecule has 0 aliphatic heterocycles. The Balaban J connectivity index is 2.61. The van der Waals surface area contributed by atoms with E-state index in [0.29, 0.717) is 6.42 Å². The molecule has 1 atom stereocenters. The minimum absolute atomic E-state index is 0.390. The van der Waals surface area contributed by atoms with Crippen molar-refractivity contribution in [3.8, 4) is 0 Å². The molecule has 23 heavy (non-hydrogen) atoms. The fourth-order valence-corrected chi connectivity index (χ4v) is 2.87. The molecule has 0 bridgehead atoms. The van der Waals surface area contributed by atoms with Crippen LogP contribution in [0.2, 0.25) is 0 Å². The summed E-state index contributed by atoms with van der Waals surface area (Å²) < 4.78 is 9.64. The van der Waals surface area contributed by atoms with Gasteiger partial charge in [0, 0.05) is 5.92 Å². The Labute approximate surface area is 135 Å². The zero-order valence-corrected chi connectivity index (χ0v) is 13.3. The van der Waals surface area contributed by atoms with Crippen LogP contribution in [0.1, 0.15) is 17.9 Å². The molecule has 0 fully saturated rings. The lowest BCUT2D eigenvalue weighted by molar-refractivity contribution is -0.159. The summed E-state index contributed by atoms with van der Waals surface area (Å²) in [7, 11) is 2.54. The molecule has 0 heterocycles. The van der Waals surface area contributed by atoms with Crippen molar-refractivity contribution in [3.63, 3.8) is 0 Å². The van der Waals surface area contributed by atoms with E-state index < -0.39 is 23.8 Å². The van der Waals surface area contributed by atoms with Crippen molar-refractivity contribution >= 4 is 22.7 Å². The number of rotatable bonds is 6. The Bertz CT molecular complexity index is 699. The fraction of sp³-hybridized carbons (Fsp3) is 0.263. The number of ether oxygens (including phenoxy) is 2. The highest BCUT2D eigenvalue weighted by atomic mass is 16.5. The normalized spacial score (nSPS) is 12.0. The van der Waals surface area contributed by atoms with Gasteiger partial charge in [-0.1, -0.05) is 48.5 Å². The standard InChI is InChI=1S/C19H20O4/c1-4-8-16(17(18(20)22-2)19(21)23-3)15-12-7-10-13-9-5-6-11-14(13)15/h4-7,9-12,16-17H,1,8H2,2-3H3. The smallest absolute Gasteiger partial charge is 0.320 e. The summed E-state index contributed by atoms with van der Waals surface area (Å²) in [5, 5.41) is 2.05. The van der Waals surface area contributed by atoms with Crippen LogP contribution in [0, 0.1) is 5.92 Å². The van der Waals surface area contributed by atoms with Crippen molar-refractivity contribution in [2.24, 2.45) is 5.92 Å². The van der Waals surface area contributed by atoms with Crippen LogP contribution in [0.5, 0.6) is 0 Å². The first-order chi connectivity index (χ1) is 11.1. The quantitative estimate of drug-likeness (QED) is 0.466. The third-order valence-corrected chi connectivity index (χ3v) is 3.96. The van der Waals surface area contributed by atoms with Gasteiger partial charge < -0.3 is 9.47 Å². The molecule has 0 aromatic heterocycles. The number of hydrogen-bond donors (Lipinski definition) is 0. The summed E-state index contributed by atoms with van der Waals surface area (Å²) in [5.41, 5.74) is 0.906. The summed E-state index contributed by atoms with van der Waals surface area (Å²) >= 11 is 0. The molecule has 120 valence electrons. The minimum Gasteiger partial charge on any atom is -0.468 e. The van der Waals surface area contributed by atoms with Crippen LogP contribution in [0.4, 0.5) is 0 Å². The maximum Gasteiger partial charge on any atom is 0.320 e. The summed E-state index contributed by atoms with van der Waals surface area (Å²) in [6, 6.07) is 13.7. The predicted octanol–water partition coefficient (Wildman–Crippen LogP) is 3.46. The Kier molecular flexibility index (Phi) is 5.52. The van der Waals surface area contributed by atoms with Gasteiger partial charge in [-0.3, -0.25) is 9.59 Å². The van der Waals surface area contributed by atoms with Crippen molar-refractivity contribution in [3.05, 3.63) is 60.7 Å². The Morgan fingerprint density at radius 3 is 2.26 bits per heavy atom. The maximum atomic E-state index is 12.2. The van der Waals surface area contributed by atoms with Crippen molar-refractivity contribution in [2.45, 2.75) is 12.3 Å². The maximum absolute atomic E-state index is 12.2. The van der Waals surface area contributed by atoms with Crippen LogP contribution in [0.25, 0.3) is 10.8 Å². The molecule has 0 aliphatic rings. The molecular formula is C19H20O4. The van der Waals surface area contributed by atoms with Crippen molar-refractivity contribution < 1.29 is 19.1 Å². The highest BCUT2D eigenvalue weighted by Gasteiger charge is 2.37. The van der Waals surface area contributed by atoms with E-state index >= 15 is 0 Å². The number of methoxy groups -OCH3 is 2. The van der Waals surface area contributed by atoms with E-state index in [1.54, 1.807) is 6.08 Å². The lowest BCUT2D eigenvalue weighted by Gasteiger charge is -2.24. The number of benzene rings is 2. The summed E-state index contributed by atoms with van der Waals surface area (Å²) in [4.78, 5) is 24.4. The van der Waals surface area contributed by atoms with E-state index in [9.17, 15) is 9.59 Å². The second-order valence-electron chi connectivity index (χ2n) is 5.22. The molecule has 2 rings (SSSR count). The van der Waals surface area contributed by atoms with Crippen LogP contribution in [0.3, 0.4) is 0 Å².